The molecule has 0 radical (unpaired) electrons. The van der Waals surface area contributed by atoms with Crippen molar-refractivity contribution in [2.24, 2.45) is 0 Å². The van der Waals surface area contributed by atoms with E-state index in [1.165, 1.54) is 36.8 Å². The van der Waals surface area contributed by atoms with Gasteiger partial charge in [0, 0.05) is 24.2 Å². The Morgan fingerprint density at radius 1 is 1.35 bits per heavy atom. The number of anilines is 1. The van der Waals surface area contributed by atoms with Crippen molar-refractivity contribution >= 4 is 22.4 Å². The summed E-state index contributed by atoms with van der Waals surface area (Å²) in [5.41, 5.74) is 1.50. The van der Waals surface area contributed by atoms with Gasteiger partial charge in [-0.15, -0.1) is 11.3 Å². The Hall–Kier alpha value is -1.99. The normalized spacial score (nSPS) is 15.3. The van der Waals surface area contributed by atoms with Crippen LogP contribution in [-0.2, 0) is 6.54 Å². The third-order valence-corrected chi connectivity index (χ3v) is 4.62. The van der Waals surface area contributed by atoms with Crippen molar-refractivity contribution in [2.45, 2.75) is 25.8 Å². The fourth-order valence-electron chi connectivity index (χ4n) is 2.59. The van der Waals surface area contributed by atoms with Gasteiger partial charge in [-0.1, -0.05) is 6.42 Å². The molecular formula is C16H20N4O2S. The van der Waals surface area contributed by atoms with Crippen LogP contribution in [0.5, 0.6) is 5.88 Å². The number of aromatic nitrogens is 2. The molecule has 1 aliphatic rings. The number of pyridine rings is 1. The molecule has 7 heteroatoms. The summed E-state index contributed by atoms with van der Waals surface area (Å²) in [4.78, 5) is 23.1. The predicted octanol–water partition coefficient (Wildman–Crippen LogP) is 2.78. The van der Waals surface area contributed by atoms with E-state index in [1.807, 2.05) is 5.38 Å². The molecule has 0 bridgehead atoms. The minimum atomic E-state index is -0.209. The maximum absolute atomic E-state index is 12.2. The molecule has 1 amide bonds. The van der Waals surface area contributed by atoms with Crippen LogP contribution in [0.2, 0.25) is 0 Å². The summed E-state index contributed by atoms with van der Waals surface area (Å²) in [5.74, 6) is 0.277. The van der Waals surface area contributed by atoms with Gasteiger partial charge < -0.3 is 4.74 Å². The average molecular weight is 332 g/mol. The van der Waals surface area contributed by atoms with Crippen molar-refractivity contribution in [3.63, 3.8) is 0 Å². The van der Waals surface area contributed by atoms with Gasteiger partial charge >= 0.3 is 0 Å². The van der Waals surface area contributed by atoms with E-state index in [1.54, 1.807) is 19.2 Å². The summed E-state index contributed by atoms with van der Waals surface area (Å²) < 4.78 is 4.98. The lowest BCUT2D eigenvalue weighted by Crippen LogP contribution is -2.29. The van der Waals surface area contributed by atoms with Gasteiger partial charge in [-0.25, -0.2) is 9.97 Å². The quantitative estimate of drug-likeness (QED) is 0.912. The van der Waals surface area contributed by atoms with Gasteiger partial charge in [0.15, 0.2) is 5.13 Å². The molecule has 1 N–H and O–H groups in total. The van der Waals surface area contributed by atoms with E-state index in [2.05, 4.69) is 20.2 Å². The van der Waals surface area contributed by atoms with Gasteiger partial charge in [-0.3, -0.25) is 15.0 Å². The zero-order valence-electron chi connectivity index (χ0n) is 13.1. The highest BCUT2D eigenvalue weighted by Gasteiger charge is 2.14. The number of ether oxygens (including phenoxy) is 1. The van der Waals surface area contributed by atoms with Crippen LogP contribution < -0.4 is 10.1 Å². The second-order valence-electron chi connectivity index (χ2n) is 5.52. The van der Waals surface area contributed by atoms with Crippen LogP contribution in [0.1, 0.15) is 35.3 Å². The maximum Gasteiger partial charge on any atom is 0.259 e. The van der Waals surface area contributed by atoms with Gasteiger partial charge in [-0.05, 0) is 32.0 Å². The summed E-state index contributed by atoms with van der Waals surface area (Å²) in [5, 5.41) is 5.46. The first-order chi connectivity index (χ1) is 11.2. The van der Waals surface area contributed by atoms with Crippen molar-refractivity contribution in [1.82, 2.24) is 14.9 Å². The van der Waals surface area contributed by atoms with E-state index in [0.717, 1.165) is 25.3 Å². The summed E-state index contributed by atoms with van der Waals surface area (Å²) in [6.45, 7) is 3.13. The van der Waals surface area contributed by atoms with Crippen LogP contribution in [0.25, 0.3) is 0 Å². The maximum atomic E-state index is 12.2. The highest BCUT2D eigenvalue weighted by atomic mass is 32.1. The van der Waals surface area contributed by atoms with Crippen LogP contribution in [0.4, 0.5) is 5.13 Å². The molecule has 0 aliphatic carbocycles. The van der Waals surface area contributed by atoms with Crippen molar-refractivity contribution in [3.05, 3.63) is 35.0 Å². The zero-order chi connectivity index (χ0) is 16.1. The van der Waals surface area contributed by atoms with Gasteiger partial charge in [0.2, 0.25) is 5.88 Å². The van der Waals surface area contributed by atoms with Crippen LogP contribution in [0.3, 0.4) is 0 Å². The Morgan fingerprint density at radius 2 is 2.17 bits per heavy atom. The number of thiazole rings is 1. The number of hydrogen-bond acceptors (Lipinski definition) is 6. The lowest BCUT2D eigenvalue weighted by molar-refractivity contribution is 0.102. The fraction of sp³-hybridized carbons (Fsp3) is 0.438. The highest BCUT2D eigenvalue weighted by molar-refractivity contribution is 7.13. The van der Waals surface area contributed by atoms with Gasteiger partial charge in [0.05, 0.1) is 18.4 Å². The molecule has 2 aromatic rings. The standard InChI is InChI=1S/C16H20N4O2S/c1-22-14-6-5-12(9-17-14)15(21)19-16-18-13(11-23-16)10-20-7-3-2-4-8-20/h5-6,9,11H,2-4,7-8,10H2,1H3,(H,18,19,21). The first-order valence-corrected chi connectivity index (χ1v) is 8.61. The second-order valence-corrected chi connectivity index (χ2v) is 6.38. The second kappa shape index (κ2) is 7.52. The number of piperidine rings is 1. The molecule has 1 saturated heterocycles. The number of nitrogens with zero attached hydrogens (tertiary/aromatic N) is 3. The molecule has 0 saturated carbocycles. The number of hydrogen-bond donors (Lipinski definition) is 1. The van der Waals surface area contributed by atoms with Gasteiger partial charge in [0.25, 0.3) is 5.91 Å². The summed E-state index contributed by atoms with van der Waals surface area (Å²) in [6, 6.07) is 3.35. The Kier molecular flexibility index (Phi) is 5.19. The molecule has 23 heavy (non-hydrogen) atoms. The van der Waals surface area contributed by atoms with Crippen LogP contribution >= 0.6 is 11.3 Å². The van der Waals surface area contributed by atoms with Gasteiger partial charge in [-0.2, -0.15) is 0 Å². The Bertz CT molecular complexity index is 650. The third kappa shape index (κ3) is 4.27. The highest BCUT2D eigenvalue weighted by Crippen LogP contribution is 2.19. The van der Waals surface area contributed by atoms with Crippen LogP contribution in [0.15, 0.2) is 23.7 Å². The van der Waals surface area contributed by atoms with E-state index in [0.29, 0.717) is 16.6 Å². The fourth-order valence-corrected chi connectivity index (χ4v) is 3.28. The molecule has 3 rings (SSSR count). The van der Waals surface area contributed by atoms with Crippen LogP contribution in [0, 0.1) is 0 Å². The topological polar surface area (TPSA) is 67.3 Å². The molecule has 3 heterocycles. The van der Waals surface area contributed by atoms with E-state index < -0.39 is 0 Å². The molecule has 0 spiro atoms. The predicted molar refractivity (Wildman–Crippen MR) is 90.0 cm³/mol. The first-order valence-electron chi connectivity index (χ1n) is 7.73. The summed E-state index contributed by atoms with van der Waals surface area (Å²) in [7, 11) is 1.54. The van der Waals surface area contributed by atoms with E-state index in [4.69, 9.17) is 4.74 Å². The van der Waals surface area contributed by atoms with Crippen molar-refractivity contribution in [3.8, 4) is 5.88 Å². The summed E-state index contributed by atoms with van der Waals surface area (Å²) >= 11 is 1.45. The molecule has 0 atom stereocenters. The number of amides is 1. The first kappa shape index (κ1) is 15.9. The van der Waals surface area contributed by atoms with E-state index in [-0.39, 0.29) is 5.91 Å². The Labute approximate surface area is 139 Å². The molecule has 2 aromatic heterocycles. The molecular weight excluding hydrogens is 312 g/mol. The lowest BCUT2D eigenvalue weighted by atomic mass is 10.1. The minimum Gasteiger partial charge on any atom is -0.481 e. The molecule has 1 aliphatic heterocycles. The average Bonchev–Trinajstić information content (AvgIpc) is 3.02. The number of rotatable bonds is 5. The smallest absolute Gasteiger partial charge is 0.259 e. The zero-order valence-corrected chi connectivity index (χ0v) is 13.9. The molecule has 122 valence electrons. The van der Waals surface area contributed by atoms with Crippen LogP contribution in [-0.4, -0.2) is 41.0 Å². The third-order valence-electron chi connectivity index (χ3n) is 3.81. The monoisotopic (exact) mass is 332 g/mol. The largest absolute Gasteiger partial charge is 0.481 e. The Balaban J connectivity index is 1.58. The van der Waals surface area contributed by atoms with Crippen molar-refractivity contribution in [1.29, 1.82) is 0 Å². The number of carbonyl (C=O) groups excluding carboxylic acids is 1. The molecule has 6 nitrogen and oxygen atoms in total. The van der Waals surface area contributed by atoms with Crippen molar-refractivity contribution in [2.75, 3.05) is 25.5 Å². The lowest BCUT2D eigenvalue weighted by Gasteiger charge is -2.25. The number of carbonyl (C=O) groups is 1. The van der Waals surface area contributed by atoms with Gasteiger partial charge in [0.1, 0.15) is 0 Å². The minimum absolute atomic E-state index is 0.209. The molecule has 0 unspecified atom stereocenters. The van der Waals surface area contributed by atoms with E-state index >= 15 is 0 Å². The SMILES string of the molecule is COc1ccc(C(=O)Nc2nc(CN3CCCCC3)cs2)cn1. The summed E-state index contributed by atoms with van der Waals surface area (Å²) in [6.07, 6.45) is 5.34. The Morgan fingerprint density at radius 3 is 2.87 bits per heavy atom. The molecule has 1 fully saturated rings. The molecule has 0 aromatic carbocycles. The number of methoxy groups -OCH3 is 1. The van der Waals surface area contributed by atoms with Crippen molar-refractivity contribution < 1.29 is 9.53 Å². The van der Waals surface area contributed by atoms with E-state index in [9.17, 15) is 4.79 Å². The number of likely N-dealkylation sites (tertiary alicyclic amines) is 1. The number of nitrogens with one attached hydrogen (secondary N) is 1.